The van der Waals surface area contributed by atoms with E-state index >= 15 is 0 Å². The van der Waals surface area contributed by atoms with Gasteiger partial charge >= 0.3 is 0 Å². The fraction of sp³-hybridized carbons (Fsp3) is 0.400. The molecule has 0 saturated carbocycles. The van der Waals surface area contributed by atoms with Crippen molar-refractivity contribution >= 4 is 28.3 Å². The second kappa shape index (κ2) is 4.20. The van der Waals surface area contributed by atoms with Gasteiger partial charge in [0.25, 0.3) is 0 Å². The lowest BCUT2D eigenvalue weighted by atomic mass is 9.98. The van der Waals surface area contributed by atoms with Crippen LogP contribution < -0.4 is 14.8 Å². The summed E-state index contributed by atoms with van der Waals surface area (Å²) in [6.07, 6.45) is 1.19. The van der Waals surface area contributed by atoms with E-state index in [0.29, 0.717) is 12.8 Å². The van der Waals surface area contributed by atoms with Gasteiger partial charge in [-0.15, -0.1) is 12.4 Å². The van der Waals surface area contributed by atoms with Gasteiger partial charge in [0, 0.05) is 10.5 Å². The molecule has 1 aromatic rings. The van der Waals surface area contributed by atoms with Crippen LogP contribution >= 0.6 is 28.3 Å². The topological polar surface area (TPSA) is 30.5 Å². The molecule has 0 aliphatic carbocycles. The highest BCUT2D eigenvalue weighted by Crippen LogP contribution is 2.40. The van der Waals surface area contributed by atoms with Crippen LogP contribution in [0.15, 0.2) is 16.6 Å². The van der Waals surface area contributed by atoms with Gasteiger partial charge in [-0.05, 0) is 30.7 Å². The van der Waals surface area contributed by atoms with E-state index in [1.54, 1.807) is 0 Å². The number of halogens is 2. The molecule has 2 heterocycles. The first-order chi connectivity index (χ1) is 6.84. The van der Waals surface area contributed by atoms with E-state index in [4.69, 9.17) is 9.47 Å². The highest BCUT2D eigenvalue weighted by atomic mass is 79.9. The molecule has 0 bridgehead atoms. The third-order valence-corrected chi connectivity index (χ3v) is 3.38. The molecule has 1 aromatic carbocycles. The average Bonchev–Trinajstić information content (AvgIpc) is 2.48. The molecule has 0 amide bonds. The van der Waals surface area contributed by atoms with E-state index in [2.05, 4.69) is 27.3 Å². The summed E-state index contributed by atoms with van der Waals surface area (Å²) in [4.78, 5) is 0. The molecular weight excluding hydrogens is 281 g/mol. The summed E-state index contributed by atoms with van der Waals surface area (Å²) in [6, 6.07) is 4.51. The first-order valence-corrected chi connectivity index (χ1v) is 5.46. The Labute approximate surface area is 103 Å². The van der Waals surface area contributed by atoms with Crippen molar-refractivity contribution in [2.45, 2.75) is 12.5 Å². The molecule has 2 aliphatic rings. The van der Waals surface area contributed by atoms with Gasteiger partial charge in [-0.2, -0.15) is 0 Å². The smallest absolute Gasteiger partial charge is 0.231 e. The maximum absolute atomic E-state index is 5.34. The van der Waals surface area contributed by atoms with Crippen LogP contribution in [0, 0.1) is 0 Å². The predicted molar refractivity (Wildman–Crippen MR) is 62.9 cm³/mol. The second-order valence-corrected chi connectivity index (χ2v) is 4.38. The Kier molecular flexibility index (Phi) is 3.09. The van der Waals surface area contributed by atoms with Crippen molar-refractivity contribution in [2.24, 2.45) is 0 Å². The number of rotatable bonds is 1. The summed E-state index contributed by atoms with van der Waals surface area (Å²) in [7, 11) is 0. The van der Waals surface area contributed by atoms with Gasteiger partial charge in [0.15, 0.2) is 11.5 Å². The van der Waals surface area contributed by atoms with E-state index in [1.807, 2.05) is 6.07 Å². The Morgan fingerprint density at radius 1 is 1.27 bits per heavy atom. The zero-order valence-corrected chi connectivity index (χ0v) is 10.4. The van der Waals surface area contributed by atoms with Crippen LogP contribution in [0.1, 0.15) is 18.0 Å². The molecule has 3 nitrogen and oxygen atoms in total. The normalized spacial score (nSPS) is 21.8. The van der Waals surface area contributed by atoms with Crippen LogP contribution in [0.5, 0.6) is 11.5 Å². The number of benzene rings is 1. The molecule has 1 atom stereocenters. The fourth-order valence-corrected chi connectivity index (χ4v) is 2.35. The van der Waals surface area contributed by atoms with Gasteiger partial charge in [-0.1, -0.05) is 15.9 Å². The summed E-state index contributed by atoms with van der Waals surface area (Å²) in [5.41, 5.74) is 1.26. The fourth-order valence-electron chi connectivity index (χ4n) is 1.75. The molecular formula is C10H11BrClNO2. The minimum atomic E-state index is 0. The van der Waals surface area contributed by atoms with E-state index in [-0.39, 0.29) is 12.4 Å². The maximum atomic E-state index is 5.34. The number of ether oxygens (including phenoxy) is 2. The maximum Gasteiger partial charge on any atom is 0.231 e. The molecule has 0 unspecified atom stereocenters. The van der Waals surface area contributed by atoms with Crippen molar-refractivity contribution in [3.05, 3.63) is 22.2 Å². The molecule has 5 heteroatoms. The third kappa shape index (κ3) is 1.82. The minimum Gasteiger partial charge on any atom is -0.454 e. The second-order valence-electron chi connectivity index (χ2n) is 3.52. The van der Waals surface area contributed by atoms with Gasteiger partial charge in [-0.3, -0.25) is 0 Å². The van der Waals surface area contributed by atoms with Crippen LogP contribution in [-0.2, 0) is 0 Å². The first-order valence-electron chi connectivity index (χ1n) is 4.67. The molecule has 82 valence electrons. The SMILES string of the molecule is Brc1cc2c(cc1[C@H]1CCN1)OCO2.Cl. The quantitative estimate of drug-likeness (QED) is 0.863. The lowest BCUT2D eigenvalue weighted by molar-refractivity contribution is 0.174. The predicted octanol–water partition coefficient (Wildman–Crippen LogP) is 2.63. The van der Waals surface area contributed by atoms with Crippen molar-refractivity contribution in [1.29, 1.82) is 0 Å². The summed E-state index contributed by atoms with van der Waals surface area (Å²) in [6.45, 7) is 1.44. The summed E-state index contributed by atoms with van der Waals surface area (Å²) in [5.74, 6) is 1.69. The molecule has 0 radical (unpaired) electrons. The Hall–Kier alpha value is -0.450. The largest absolute Gasteiger partial charge is 0.454 e. The van der Waals surface area contributed by atoms with Crippen LogP contribution in [0.4, 0.5) is 0 Å². The first kappa shape index (κ1) is 11.0. The standard InChI is InChI=1S/C10H10BrNO2.ClH/c11-7-4-10-9(13-5-14-10)3-6(7)8-1-2-12-8;/h3-4,8,12H,1-2,5H2;1H/t8-;/m1./s1. The Morgan fingerprint density at radius 2 is 1.93 bits per heavy atom. The van der Waals surface area contributed by atoms with Crippen molar-refractivity contribution in [3.8, 4) is 11.5 Å². The molecule has 1 saturated heterocycles. The van der Waals surface area contributed by atoms with Crippen LogP contribution in [0.25, 0.3) is 0 Å². The lowest BCUT2D eigenvalue weighted by Crippen LogP contribution is -2.35. The van der Waals surface area contributed by atoms with Gasteiger partial charge < -0.3 is 14.8 Å². The summed E-state index contributed by atoms with van der Waals surface area (Å²) >= 11 is 3.55. The van der Waals surface area contributed by atoms with Crippen molar-refractivity contribution in [2.75, 3.05) is 13.3 Å². The highest BCUT2D eigenvalue weighted by molar-refractivity contribution is 9.10. The van der Waals surface area contributed by atoms with E-state index in [0.717, 1.165) is 22.5 Å². The van der Waals surface area contributed by atoms with Crippen LogP contribution in [0.3, 0.4) is 0 Å². The van der Waals surface area contributed by atoms with Crippen LogP contribution in [-0.4, -0.2) is 13.3 Å². The van der Waals surface area contributed by atoms with E-state index < -0.39 is 0 Å². The van der Waals surface area contributed by atoms with E-state index in [1.165, 1.54) is 12.0 Å². The number of hydrogen-bond acceptors (Lipinski definition) is 3. The third-order valence-electron chi connectivity index (χ3n) is 2.69. The Balaban J connectivity index is 0.000000853. The Bertz CT molecular complexity index is 382. The van der Waals surface area contributed by atoms with Gasteiger partial charge in [0.05, 0.1) is 0 Å². The minimum absolute atomic E-state index is 0. The van der Waals surface area contributed by atoms with Crippen molar-refractivity contribution in [1.82, 2.24) is 5.32 Å². The van der Waals surface area contributed by atoms with Crippen molar-refractivity contribution < 1.29 is 9.47 Å². The number of fused-ring (bicyclic) bond motifs is 1. The average molecular weight is 293 g/mol. The zero-order chi connectivity index (χ0) is 9.54. The van der Waals surface area contributed by atoms with E-state index in [9.17, 15) is 0 Å². The summed E-state index contributed by atoms with van der Waals surface area (Å²) in [5, 5.41) is 3.37. The van der Waals surface area contributed by atoms with Crippen LogP contribution in [0.2, 0.25) is 0 Å². The number of hydrogen-bond donors (Lipinski definition) is 1. The molecule has 3 rings (SSSR count). The lowest BCUT2D eigenvalue weighted by Gasteiger charge is -2.28. The molecule has 2 aliphatic heterocycles. The molecule has 1 fully saturated rings. The van der Waals surface area contributed by atoms with Gasteiger partial charge in [0.1, 0.15) is 0 Å². The molecule has 1 N–H and O–H groups in total. The summed E-state index contributed by atoms with van der Waals surface area (Å²) < 4.78 is 11.7. The molecule has 0 spiro atoms. The van der Waals surface area contributed by atoms with Crippen molar-refractivity contribution in [3.63, 3.8) is 0 Å². The monoisotopic (exact) mass is 291 g/mol. The molecule has 15 heavy (non-hydrogen) atoms. The molecule has 0 aromatic heterocycles. The van der Waals surface area contributed by atoms with Gasteiger partial charge in [-0.25, -0.2) is 0 Å². The number of nitrogens with one attached hydrogen (secondary N) is 1. The van der Waals surface area contributed by atoms with Gasteiger partial charge in [0.2, 0.25) is 6.79 Å². The zero-order valence-electron chi connectivity index (χ0n) is 7.96. The highest BCUT2D eigenvalue weighted by Gasteiger charge is 2.24. The Morgan fingerprint density at radius 3 is 2.53 bits per heavy atom.